The van der Waals surface area contributed by atoms with Crippen molar-refractivity contribution in [2.45, 2.75) is 23.7 Å². The Morgan fingerprint density at radius 3 is 2.75 bits per heavy atom. The van der Waals surface area contributed by atoms with E-state index in [1.165, 1.54) is 24.2 Å². The summed E-state index contributed by atoms with van der Waals surface area (Å²) in [5.41, 5.74) is 1.19. The van der Waals surface area contributed by atoms with Crippen LogP contribution in [0.25, 0.3) is 0 Å². The largest absolute Gasteiger partial charge is 0.492 e. The SMILES string of the molecule is NS(=O)(=O)c1ccc(OCCN2CCCC(c3ccn[nH]3)C2)cc1. The number of hydrogen-bond acceptors (Lipinski definition) is 5. The molecule has 130 valence electrons. The van der Waals surface area contributed by atoms with Gasteiger partial charge in [0.1, 0.15) is 12.4 Å². The molecule has 0 aliphatic carbocycles. The van der Waals surface area contributed by atoms with E-state index in [2.05, 4.69) is 15.1 Å². The fraction of sp³-hybridized carbons (Fsp3) is 0.438. The molecule has 1 fully saturated rings. The average molecular weight is 350 g/mol. The number of benzene rings is 1. The van der Waals surface area contributed by atoms with Crippen molar-refractivity contribution in [3.05, 3.63) is 42.2 Å². The van der Waals surface area contributed by atoms with Crippen molar-refractivity contribution in [1.82, 2.24) is 15.1 Å². The molecule has 8 heteroatoms. The van der Waals surface area contributed by atoms with Gasteiger partial charge in [0.2, 0.25) is 10.0 Å². The minimum absolute atomic E-state index is 0.0910. The summed E-state index contributed by atoms with van der Waals surface area (Å²) < 4.78 is 28.1. The maximum Gasteiger partial charge on any atom is 0.238 e. The third-order valence-electron chi connectivity index (χ3n) is 4.30. The normalized spacial score (nSPS) is 19.3. The number of ether oxygens (including phenoxy) is 1. The fourth-order valence-electron chi connectivity index (χ4n) is 3.02. The predicted molar refractivity (Wildman–Crippen MR) is 90.3 cm³/mol. The zero-order chi connectivity index (χ0) is 17.0. The van der Waals surface area contributed by atoms with Gasteiger partial charge in [-0.05, 0) is 49.7 Å². The number of hydrogen-bond donors (Lipinski definition) is 2. The number of rotatable bonds is 6. The predicted octanol–water partition coefficient (Wildman–Crippen LogP) is 1.32. The molecule has 0 saturated carbocycles. The van der Waals surface area contributed by atoms with E-state index in [0.29, 0.717) is 18.3 Å². The van der Waals surface area contributed by atoms with Gasteiger partial charge in [0.05, 0.1) is 4.90 Å². The number of aromatic nitrogens is 2. The van der Waals surface area contributed by atoms with Crippen LogP contribution in [0.15, 0.2) is 41.4 Å². The molecule has 1 saturated heterocycles. The number of primary sulfonamides is 1. The van der Waals surface area contributed by atoms with Gasteiger partial charge in [0, 0.05) is 30.9 Å². The number of nitrogens with two attached hydrogens (primary N) is 1. The Labute approximate surface area is 141 Å². The molecule has 7 nitrogen and oxygen atoms in total. The average Bonchev–Trinajstić information content (AvgIpc) is 3.09. The van der Waals surface area contributed by atoms with Crippen LogP contribution in [0, 0.1) is 0 Å². The first kappa shape index (κ1) is 16.9. The second-order valence-electron chi connectivity index (χ2n) is 6.02. The van der Waals surface area contributed by atoms with E-state index >= 15 is 0 Å². The summed E-state index contributed by atoms with van der Waals surface area (Å²) >= 11 is 0. The first-order valence-electron chi connectivity index (χ1n) is 7.99. The number of sulfonamides is 1. The van der Waals surface area contributed by atoms with Crippen molar-refractivity contribution in [3.8, 4) is 5.75 Å². The molecule has 1 aliphatic heterocycles. The summed E-state index contributed by atoms with van der Waals surface area (Å²) in [5.74, 6) is 1.14. The molecule has 1 atom stereocenters. The minimum Gasteiger partial charge on any atom is -0.492 e. The third kappa shape index (κ3) is 4.34. The van der Waals surface area contributed by atoms with Crippen molar-refractivity contribution < 1.29 is 13.2 Å². The van der Waals surface area contributed by atoms with Crippen LogP contribution in [0.4, 0.5) is 0 Å². The van der Waals surface area contributed by atoms with E-state index in [-0.39, 0.29) is 4.90 Å². The highest BCUT2D eigenvalue weighted by atomic mass is 32.2. The maximum atomic E-state index is 11.2. The molecule has 3 rings (SSSR count). The molecule has 3 N–H and O–H groups in total. The fourth-order valence-corrected chi connectivity index (χ4v) is 3.54. The summed E-state index contributed by atoms with van der Waals surface area (Å²) in [7, 11) is -3.66. The lowest BCUT2D eigenvalue weighted by Crippen LogP contribution is -2.37. The second-order valence-corrected chi connectivity index (χ2v) is 7.58. The lowest BCUT2D eigenvalue weighted by atomic mass is 9.95. The summed E-state index contributed by atoms with van der Waals surface area (Å²) in [6, 6.07) is 8.21. The molecule has 1 unspecified atom stereocenters. The van der Waals surface area contributed by atoms with E-state index in [9.17, 15) is 8.42 Å². The molecule has 24 heavy (non-hydrogen) atoms. The summed E-state index contributed by atoms with van der Waals surface area (Å²) in [5, 5.41) is 12.2. The number of aromatic amines is 1. The molecule has 0 radical (unpaired) electrons. The molecule has 2 heterocycles. The second kappa shape index (κ2) is 7.33. The van der Waals surface area contributed by atoms with E-state index in [4.69, 9.17) is 9.88 Å². The summed E-state index contributed by atoms with van der Waals surface area (Å²) in [4.78, 5) is 2.47. The molecule has 2 aromatic rings. The zero-order valence-corrected chi connectivity index (χ0v) is 14.2. The first-order chi connectivity index (χ1) is 11.5. The van der Waals surface area contributed by atoms with E-state index in [1.807, 2.05) is 6.07 Å². The van der Waals surface area contributed by atoms with Crippen LogP contribution in [-0.2, 0) is 10.0 Å². The van der Waals surface area contributed by atoms with E-state index in [1.54, 1.807) is 18.3 Å². The van der Waals surface area contributed by atoms with Crippen LogP contribution >= 0.6 is 0 Å². The van der Waals surface area contributed by atoms with Crippen LogP contribution in [0.1, 0.15) is 24.5 Å². The maximum absolute atomic E-state index is 11.2. The van der Waals surface area contributed by atoms with Gasteiger partial charge in [-0.2, -0.15) is 5.10 Å². The Kier molecular flexibility index (Phi) is 5.17. The number of likely N-dealkylation sites (tertiary alicyclic amines) is 1. The van der Waals surface area contributed by atoms with Gasteiger partial charge in [0.15, 0.2) is 0 Å². The molecular weight excluding hydrogens is 328 g/mol. The molecule has 1 aliphatic rings. The lowest BCUT2D eigenvalue weighted by Gasteiger charge is -2.32. The highest BCUT2D eigenvalue weighted by Gasteiger charge is 2.22. The Bertz CT molecular complexity index is 744. The van der Waals surface area contributed by atoms with Crippen molar-refractivity contribution in [2.24, 2.45) is 5.14 Å². The summed E-state index contributed by atoms with van der Waals surface area (Å²) in [6.07, 6.45) is 4.13. The monoisotopic (exact) mass is 350 g/mol. The molecule has 0 bridgehead atoms. The smallest absolute Gasteiger partial charge is 0.238 e. The van der Waals surface area contributed by atoms with Gasteiger partial charge in [-0.15, -0.1) is 0 Å². The van der Waals surface area contributed by atoms with Crippen molar-refractivity contribution in [1.29, 1.82) is 0 Å². The van der Waals surface area contributed by atoms with Gasteiger partial charge < -0.3 is 4.74 Å². The topological polar surface area (TPSA) is 101 Å². The van der Waals surface area contributed by atoms with Crippen LogP contribution in [0.5, 0.6) is 5.75 Å². The molecule has 1 aromatic heterocycles. The Morgan fingerprint density at radius 2 is 2.08 bits per heavy atom. The number of nitrogens with zero attached hydrogens (tertiary/aromatic N) is 2. The van der Waals surface area contributed by atoms with Gasteiger partial charge in [0.25, 0.3) is 0 Å². The molecule has 0 amide bonds. The Balaban J connectivity index is 1.47. The third-order valence-corrected chi connectivity index (χ3v) is 5.23. The number of piperidine rings is 1. The molecule has 0 spiro atoms. The van der Waals surface area contributed by atoms with E-state index in [0.717, 1.165) is 26.1 Å². The minimum atomic E-state index is -3.66. The number of H-pyrrole nitrogens is 1. The van der Waals surface area contributed by atoms with Gasteiger partial charge in [-0.1, -0.05) is 0 Å². The zero-order valence-electron chi connectivity index (χ0n) is 13.4. The standard InChI is InChI=1S/C16H22N4O3S/c17-24(21,22)15-5-3-14(4-6-15)23-11-10-20-9-1-2-13(12-20)16-7-8-18-19-16/h3-8,13H,1-2,9-12H2,(H,18,19)(H2,17,21,22). The molecular formula is C16H22N4O3S. The Hall–Kier alpha value is -1.90. The first-order valence-corrected chi connectivity index (χ1v) is 9.54. The van der Waals surface area contributed by atoms with Crippen LogP contribution in [-0.4, -0.2) is 49.8 Å². The van der Waals surface area contributed by atoms with Gasteiger partial charge in [-0.25, -0.2) is 13.6 Å². The van der Waals surface area contributed by atoms with Crippen LogP contribution < -0.4 is 9.88 Å². The highest BCUT2D eigenvalue weighted by Crippen LogP contribution is 2.25. The van der Waals surface area contributed by atoms with E-state index < -0.39 is 10.0 Å². The van der Waals surface area contributed by atoms with Crippen LogP contribution in [0.3, 0.4) is 0 Å². The molecule has 1 aromatic carbocycles. The van der Waals surface area contributed by atoms with Crippen molar-refractivity contribution in [3.63, 3.8) is 0 Å². The quantitative estimate of drug-likeness (QED) is 0.818. The number of nitrogens with one attached hydrogen (secondary N) is 1. The highest BCUT2D eigenvalue weighted by molar-refractivity contribution is 7.89. The van der Waals surface area contributed by atoms with Crippen molar-refractivity contribution >= 4 is 10.0 Å². The lowest BCUT2D eigenvalue weighted by molar-refractivity contribution is 0.169. The van der Waals surface area contributed by atoms with Crippen LogP contribution in [0.2, 0.25) is 0 Å². The van der Waals surface area contributed by atoms with Gasteiger partial charge in [-0.3, -0.25) is 10.00 Å². The Morgan fingerprint density at radius 1 is 1.29 bits per heavy atom. The van der Waals surface area contributed by atoms with Crippen molar-refractivity contribution in [2.75, 3.05) is 26.2 Å². The summed E-state index contributed by atoms with van der Waals surface area (Å²) in [6.45, 7) is 3.46. The van der Waals surface area contributed by atoms with Gasteiger partial charge >= 0.3 is 0 Å².